The van der Waals surface area contributed by atoms with Crippen LogP contribution in [-0.4, -0.2) is 16.7 Å². The lowest BCUT2D eigenvalue weighted by atomic mass is 9.92. The van der Waals surface area contributed by atoms with Gasteiger partial charge in [-0.1, -0.05) is 32.9 Å². The first-order chi connectivity index (χ1) is 10.5. The van der Waals surface area contributed by atoms with Crippen LogP contribution in [0.25, 0.3) is 11.4 Å². The summed E-state index contributed by atoms with van der Waals surface area (Å²) < 4.78 is 7.50. The lowest BCUT2D eigenvalue weighted by molar-refractivity contribution is 0.414. The maximum Gasteiger partial charge on any atom is 0.140 e. The van der Waals surface area contributed by atoms with Crippen LogP contribution in [0.2, 0.25) is 0 Å². The van der Waals surface area contributed by atoms with E-state index >= 15 is 0 Å². The van der Waals surface area contributed by atoms with Gasteiger partial charge in [0.2, 0.25) is 0 Å². The van der Waals surface area contributed by atoms with Crippen molar-refractivity contribution in [3.05, 3.63) is 59.9 Å². The van der Waals surface area contributed by atoms with Gasteiger partial charge in [0.25, 0.3) is 0 Å². The zero-order chi connectivity index (χ0) is 15.7. The van der Waals surface area contributed by atoms with Gasteiger partial charge in [-0.25, -0.2) is 4.98 Å². The Kier molecular flexibility index (Phi) is 3.65. The van der Waals surface area contributed by atoms with E-state index in [0.29, 0.717) is 0 Å². The molecule has 0 radical (unpaired) electrons. The molecule has 22 heavy (non-hydrogen) atoms. The topological polar surface area (TPSA) is 27.1 Å². The third-order valence-corrected chi connectivity index (χ3v) is 3.85. The van der Waals surface area contributed by atoms with Gasteiger partial charge in [-0.05, 0) is 35.9 Å². The quantitative estimate of drug-likeness (QED) is 0.718. The van der Waals surface area contributed by atoms with Gasteiger partial charge in [-0.2, -0.15) is 0 Å². The van der Waals surface area contributed by atoms with Crippen molar-refractivity contribution in [2.24, 2.45) is 0 Å². The number of benzene rings is 1. The molecule has 3 rings (SSSR count). The van der Waals surface area contributed by atoms with E-state index in [4.69, 9.17) is 9.72 Å². The maximum absolute atomic E-state index is 5.30. The maximum atomic E-state index is 5.30. The van der Waals surface area contributed by atoms with Crippen LogP contribution in [0.5, 0.6) is 5.75 Å². The van der Waals surface area contributed by atoms with Crippen molar-refractivity contribution in [3.63, 3.8) is 0 Å². The number of fused-ring (bicyclic) bond motifs is 1. The molecule has 3 heteroatoms. The summed E-state index contributed by atoms with van der Waals surface area (Å²) >= 11 is 0. The molecule has 1 aromatic carbocycles. The Hall–Kier alpha value is -2.29. The number of pyridine rings is 1. The standard InChI is InChI=1S/C19H22N2O/c1-19(2,3)17-12-15-8-6-10-21(18(15)20-17)13-14-7-5-9-16(11-14)22-4/h5-12H,13H2,1-4H3. The molecule has 2 aliphatic heterocycles. The number of aromatic nitrogens is 2. The van der Waals surface area contributed by atoms with Crippen LogP contribution < -0.4 is 4.74 Å². The number of ether oxygens (including phenoxy) is 1. The van der Waals surface area contributed by atoms with Crippen molar-refractivity contribution in [2.45, 2.75) is 32.7 Å². The number of hydrogen-bond donors (Lipinski definition) is 0. The molecular formula is C19H22N2O. The minimum atomic E-state index is 0.0623. The zero-order valence-corrected chi connectivity index (χ0v) is 13.6. The first-order valence-electron chi connectivity index (χ1n) is 7.57. The number of hydrogen-bond acceptors (Lipinski definition) is 2. The molecule has 2 heterocycles. The molecule has 114 valence electrons. The molecule has 0 fully saturated rings. The number of rotatable bonds is 3. The van der Waals surface area contributed by atoms with Crippen LogP contribution in [0.1, 0.15) is 32.0 Å². The molecule has 0 aromatic heterocycles. The summed E-state index contributed by atoms with van der Waals surface area (Å²) in [6.07, 6.45) is 2.08. The van der Waals surface area contributed by atoms with Crippen LogP contribution in [-0.2, 0) is 12.0 Å². The summed E-state index contributed by atoms with van der Waals surface area (Å²) in [7, 11) is 1.70. The summed E-state index contributed by atoms with van der Waals surface area (Å²) in [6.45, 7) is 7.37. The molecule has 0 atom stereocenters. The van der Waals surface area contributed by atoms with E-state index in [9.17, 15) is 0 Å². The first kappa shape index (κ1) is 14.6. The molecule has 0 saturated carbocycles. The third-order valence-electron chi connectivity index (χ3n) is 3.85. The van der Waals surface area contributed by atoms with E-state index in [0.717, 1.165) is 23.8 Å². The Labute approximate surface area is 131 Å². The highest BCUT2D eigenvalue weighted by atomic mass is 16.5. The lowest BCUT2D eigenvalue weighted by Crippen LogP contribution is -2.11. The van der Waals surface area contributed by atoms with Gasteiger partial charge in [0.15, 0.2) is 0 Å². The molecular weight excluding hydrogens is 272 g/mol. The number of nitrogens with zero attached hydrogens (tertiary/aromatic N) is 2. The normalized spacial score (nSPS) is 11.8. The molecule has 0 aliphatic carbocycles. The summed E-state index contributed by atoms with van der Waals surface area (Å²) in [5.74, 6) is 1.92. The van der Waals surface area contributed by atoms with E-state index in [1.165, 1.54) is 11.1 Å². The fraction of sp³-hybridized carbons (Fsp3) is 0.316. The fourth-order valence-corrected chi connectivity index (χ4v) is 2.58. The summed E-state index contributed by atoms with van der Waals surface area (Å²) in [5.41, 5.74) is 3.59. The third kappa shape index (κ3) is 2.84. The van der Waals surface area contributed by atoms with Gasteiger partial charge in [-0.15, -0.1) is 0 Å². The highest BCUT2D eigenvalue weighted by molar-refractivity contribution is 5.60. The van der Waals surface area contributed by atoms with Crippen LogP contribution in [0, 0.1) is 0 Å². The highest BCUT2D eigenvalue weighted by Gasteiger charge is 2.21. The molecule has 2 aliphatic rings. The second-order valence-corrected chi connectivity index (χ2v) is 6.66. The second kappa shape index (κ2) is 5.48. The Morgan fingerprint density at radius 2 is 1.91 bits per heavy atom. The SMILES string of the molecule is COc1cccc(Cn2cccc3cc(C(C)(C)C)nc2-3)c1. The van der Waals surface area contributed by atoms with Gasteiger partial charge in [0.1, 0.15) is 11.6 Å². The molecule has 0 spiro atoms. The van der Waals surface area contributed by atoms with Gasteiger partial charge in [-0.3, -0.25) is 0 Å². The van der Waals surface area contributed by atoms with Crippen molar-refractivity contribution in [1.82, 2.24) is 9.55 Å². The van der Waals surface area contributed by atoms with Gasteiger partial charge < -0.3 is 9.30 Å². The molecule has 3 nitrogen and oxygen atoms in total. The zero-order valence-electron chi connectivity index (χ0n) is 13.6. The number of methoxy groups -OCH3 is 1. The van der Waals surface area contributed by atoms with E-state index in [1.54, 1.807) is 7.11 Å². The Morgan fingerprint density at radius 1 is 1.09 bits per heavy atom. The van der Waals surface area contributed by atoms with Crippen molar-refractivity contribution < 1.29 is 4.74 Å². The fourth-order valence-electron chi connectivity index (χ4n) is 2.58. The van der Waals surface area contributed by atoms with Crippen LogP contribution in [0.15, 0.2) is 48.7 Å². The monoisotopic (exact) mass is 294 g/mol. The van der Waals surface area contributed by atoms with Crippen LogP contribution in [0.3, 0.4) is 0 Å². The van der Waals surface area contributed by atoms with Gasteiger partial charge >= 0.3 is 0 Å². The smallest absolute Gasteiger partial charge is 0.140 e. The molecule has 1 aromatic rings. The van der Waals surface area contributed by atoms with Gasteiger partial charge in [0.05, 0.1) is 7.11 Å². The molecule has 0 unspecified atom stereocenters. The average molecular weight is 294 g/mol. The summed E-state index contributed by atoms with van der Waals surface area (Å²) in [4.78, 5) is 4.85. The average Bonchev–Trinajstić information content (AvgIpc) is 2.93. The Bertz CT molecular complexity index is 752. The van der Waals surface area contributed by atoms with E-state index < -0.39 is 0 Å². The largest absolute Gasteiger partial charge is 0.497 e. The van der Waals surface area contributed by atoms with Crippen molar-refractivity contribution >= 4 is 0 Å². The predicted molar refractivity (Wildman–Crippen MR) is 89.6 cm³/mol. The van der Waals surface area contributed by atoms with E-state index in [2.05, 4.69) is 61.9 Å². The van der Waals surface area contributed by atoms with Crippen molar-refractivity contribution in [2.75, 3.05) is 7.11 Å². The Balaban J connectivity index is 1.99. The molecule has 0 bridgehead atoms. The minimum Gasteiger partial charge on any atom is -0.497 e. The van der Waals surface area contributed by atoms with Gasteiger partial charge in [0, 0.05) is 29.4 Å². The highest BCUT2D eigenvalue weighted by Crippen LogP contribution is 2.30. The lowest BCUT2D eigenvalue weighted by Gasteiger charge is -2.14. The first-order valence-corrected chi connectivity index (χ1v) is 7.57. The molecule has 0 N–H and O–H groups in total. The predicted octanol–water partition coefficient (Wildman–Crippen LogP) is 4.34. The Morgan fingerprint density at radius 3 is 2.64 bits per heavy atom. The van der Waals surface area contributed by atoms with Crippen LogP contribution in [0.4, 0.5) is 0 Å². The van der Waals surface area contributed by atoms with Crippen molar-refractivity contribution in [1.29, 1.82) is 0 Å². The minimum absolute atomic E-state index is 0.0623. The molecule has 0 saturated heterocycles. The van der Waals surface area contributed by atoms with Crippen LogP contribution >= 0.6 is 0 Å². The summed E-state index contributed by atoms with van der Waals surface area (Å²) in [5, 5.41) is 0. The van der Waals surface area contributed by atoms with E-state index in [1.807, 2.05) is 12.1 Å². The van der Waals surface area contributed by atoms with Crippen molar-refractivity contribution in [3.8, 4) is 17.1 Å². The molecule has 0 amide bonds. The second-order valence-electron chi connectivity index (χ2n) is 6.66. The summed E-state index contributed by atoms with van der Waals surface area (Å²) in [6, 6.07) is 14.6. The van der Waals surface area contributed by atoms with E-state index in [-0.39, 0.29) is 5.41 Å².